The van der Waals surface area contributed by atoms with Gasteiger partial charge in [0, 0.05) is 32.3 Å². The molecule has 0 aliphatic rings. The second kappa shape index (κ2) is 9.54. The number of aromatic nitrogens is 5. The van der Waals surface area contributed by atoms with Gasteiger partial charge >= 0.3 is 5.69 Å². The maximum absolute atomic E-state index is 12.8. The lowest BCUT2D eigenvalue weighted by Gasteiger charge is -2.12. The van der Waals surface area contributed by atoms with Crippen molar-refractivity contribution in [3.05, 3.63) is 55.8 Å². The van der Waals surface area contributed by atoms with E-state index in [4.69, 9.17) is 32.7 Å². The van der Waals surface area contributed by atoms with Crippen molar-refractivity contribution < 1.29 is 19.4 Å². The van der Waals surface area contributed by atoms with E-state index in [-0.39, 0.29) is 58.4 Å². The van der Waals surface area contributed by atoms with Gasteiger partial charge in [-0.25, -0.2) is 14.2 Å². The van der Waals surface area contributed by atoms with E-state index in [1.54, 1.807) is 14.0 Å². The van der Waals surface area contributed by atoms with Crippen molar-refractivity contribution >= 4 is 29.0 Å². The fraction of sp³-hybridized carbons (Fsp3) is 0.368. The molecule has 1 aromatic carbocycles. The van der Waals surface area contributed by atoms with Crippen molar-refractivity contribution in [1.29, 1.82) is 0 Å². The summed E-state index contributed by atoms with van der Waals surface area (Å²) in [6.07, 6.45) is 0. The van der Waals surface area contributed by atoms with E-state index in [0.29, 0.717) is 12.4 Å². The average Bonchev–Trinajstić information content (AvgIpc) is 3.25. The van der Waals surface area contributed by atoms with Crippen LogP contribution in [0.2, 0.25) is 10.0 Å². The number of benzene rings is 1. The summed E-state index contributed by atoms with van der Waals surface area (Å²) in [6.45, 7) is 2.56. The Morgan fingerprint density at radius 1 is 1.23 bits per heavy atom. The monoisotopic (exact) mass is 469 g/mol. The van der Waals surface area contributed by atoms with Crippen LogP contribution in [0.1, 0.15) is 28.8 Å². The van der Waals surface area contributed by atoms with Crippen LogP contribution < -0.4 is 10.4 Å². The molecule has 166 valence electrons. The van der Waals surface area contributed by atoms with E-state index < -0.39 is 5.78 Å². The summed E-state index contributed by atoms with van der Waals surface area (Å²) in [7, 11) is 3.11. The maximum atomic E-state index is 12.8. The number of ketones is 1. The van der Waals surface area contributed by atoms with Crippen LogP contribution >= 0.6 is 23.2 Å². The Bertz CT molecular complexity index is 1170. The number of hydrogen-bond acceptors (Lipinski definition) is 7. The molecule has 0 fully saturated rings. The van der Waals surface area contributed by atoms with Crippen LogP contribution in [0.3, 0.4) is 0 Å². The Morgan fingerprint density at radius 3 is 2.61 bits per heavy atom. The molecule has 0 unspecified atom stereocenters. The highest BCUT2D eigenvalue weighted by atomic mass is 35.5. The Morgan fingerprint density at radius 2 is 1.97 bits per heavy atom. The van der Waals surface area contributed by atoms with Crippen LogP contribution in [-0.2, 0) is 31.5 Å². The highest BCUT2D eigenvalue weighted by Crippen LogP contribution is 2.36. The second-order valence-electron chi connectivity index (χ2n) is 6.53. The first-order chi connectivity index (χ1) is 14.8. The molecule has 10 nitrogen and oxygen atoms in total. The Hall–Kier alpha value is -2.82. The average molecular weight is 470 g/mol. The molecule has 0 atom stereocenters. The number of methoxy groups -OCH3 is 1. The number of aromatic hydroxyl groups is 1. The van der Waals surface area contributed by atoms with Gasteiger partial charge in [0.2, 0.25) is 11.7 Å². The quantitative estimate of drug-likeness (QED) is 0.478. The fourth-order valence-electron chi connectivity index (χ4n) is 2.90. The normalized spacial score (nSPS) is 11.1. The molecule has 12 heteroatoms. The van der Waals surface area contributed by atoms with Crippen molar-refractivity contribution in [3.63, 3.8) is 0 Å². The third-order valence-corrected chi connectivity index (χ3v) is 5.21. The molecule has 31 heavy (non-hydrogen) atoms. The summed E-state index contributed by atoms with van der Waals surface area (Å²) < 4.78 is 14.6. The van der Waals surface area contributed by atoms with Crippen LogP contribution in [0.25, 0.3) is 0 Å². The van der Waals surface area contributed by atoms with Gasteiger partial charge in [-0.05, 0) is 19.1 Å². The Kier molecular flexibility index (Phi) is 7.04. The number of hydrogen-bond donors (Lipinski definition) is 1. The van der Waals surface area contributed by atoms with E-state index in [0.717, 1.165) is 0 Å². The third-order valence-electron chi connectivity index (χ3n) is 4.54. The molecule has 1 N–H and O–H groups in total. The van der Waals surface area contributed by atoms with Crippen LogP contribution in [0, 0.1) is 0 Å². The zero-order valence-electron chi connectivity index (χ0n) is 17.1. The Balaban J connectivity index is 1.79. The summed E-state index contributed by atoms with van der Waals surface area (Å²) in [5, 5.41) is 18.3. The molecule has 3 rings (SSSR count). The molecule has 0 aliphatic carbocycles. The largest absolute Gasteiger partial charge is 0.493 e. The van der Waals surface area contributed by atoms with Gasteiger partial charge in [-0.1, -0.05) is 23.2 Å². The number of halogens is 2. The molecule has 0 spiro atoms. The smallest absolute Gasteiger partial charge is 0.345 e. The van der Waals surface area contributed by atoms with Crippen molar-refractivity contribution in [2.24, 2.45) is 7.05 Å². The number of rotatable bonds is 9. The molecule has 0 saturated heterocycles. The summed E-state index contributed by atoms with van der Waals surface area (Å²) in [6, 6.07) is 4.21. The lowest BCUT2D eigenvalue weighted by Crippen LogP contribution is -2.25. The first kappa shape index (κ1) is 22.9. The van der Waals surface area contributed by atoms with E-state index in [1.165, 1.54) is 39.2 Å². The number of carbonyl (C=O) groups is 1. The zero-order valence-corrected chi connectivity index (χ0v) is 18.6. The van der Waals surface area contributed by atoms with Crippen molar-refractivity contribution in [3.8, 4) is 11.6 Å². The minimum absolute atomic E-state index is 0.0106. The van der Waals surface area contributed by atoms with Gasteiger partial charge < -0.3 is 14.6 Å². The number of aryl methyl sites for hydroxylation is 1. The standard InChI is InChI=1S/C19H21Cl2N5O5/c1-4-25-15(27)9-13(22-25)17(28)11-5-6-12(20)18(16(11)21)31-8-7-26-19(29)24(2)14(23-26)10-30-3/h5-6,9,27H,4,7-8,10H2,1-3H3. The molecule has 0 amide bonds. The molecule has 0 aliphatic heterocycles. The minimum atomic E-state index is -0.487. The lowest BCUT2D eigenvalue weighted by atomic mass is 10.1. The Labute approximate surface area is 187 Å². The first-order valence-electron chi connectivity index (χ1n) is 9.32. The van der Waals surface area contributed by atoms with Gasteiger partial charge in [0.05, 0.1) is 16.6 Å². The highest BCUT2D eigenvalue weighted by molar-refractivity contribution is 6.39. The van der Waals surface area contributed by atoms with E-state index >= 15 is 0 Å². The second-order valence-corrected chi connectivity index (χ2v) is 7.32. The zero-order chi connectivity index (χ0) is 22.7. The van der Waals surface area contributed by atoms with Crippen molar-refractivity contribution in [1.82, 2.24) is 24.1 Å². The van der Waals surface area contributed by atoms with Gasteiger partial charge in [0.25, 0.3) is 0 Å². The number of ether oxygens (including phenoxy) is 2. The lowest BCUT2D eigenvalue weighted by molar-refractivity contribution is 0.103. The van der Waals surface area contributed by atoms with Crippen LogP contribution in [0.15, 0.2) is 23.0 Å². The SMILES string of the molecule is CCn1nc(C(=O)c2ccc(Cl)c(OCCn3nc(COC)n(C)c3=O)c2Cl)cc1O. The molecule has 2 heterocycles. The summed E-state index contributed by atoms with van der Waals surface area (Å²) in [4.78, 5) is 25.0. The van der Waals surface area contributed by atoms with Gasteiger partial charge in [0.1, 0.15) is 18.9 Å². The van der Waals surface area contributed by atoms with Crippen molar-refractivity contribution in [2.75, 3.05) is 13.7 Å². The molecular formula is C19H21Cl2N5O5. The third kappa shape index (κ3) is 4.60. The van der Waals surface area contributed by atoms with Gasteiger partial charge in [0.15, 0.2) is 11.6 Å². The molecule has 0 radical (unpaired) electrons. The number of carbonyl (C=O) groups excluding carboxylic acids is 1. The van der Waals surface area contributed by atoms with E-state index in [9.17, 15) is 14.7 Å². The van der Waals surface area contributed by atoms with Crippen LogP contribution in [-0.4, -0.2) is 48.7 Å². The first-order valence-corrected chi connectivity index (χ1v) is 10.1. The predicted octanol–water partition coefficient (Wildman–Crippen LogP) is 2.27. The summed E-state index contributed by atoms with van der Waals surface area (Å²) in [5.74, 6) is -0.0272. The summed E-state index contributed by atoms with van der Waals surface area (Å²) in [5.41, 5.74) is -0.150. The number of nitrogens with zero attached hydrogens (tertiary/aromatic N) is 5. The fourth-order valence-corrected chi connectivity index (χ4v) is 3.46. The molecule has 0 bridgehead atoms. The molecule has 0 saturated carbocycles. The van der Waals surface area contributed by atoms with Crippen LogP contribution in [0.5, 0.6) is 11.6 Å². The van der Waals surface area contributed by atoms with Crippen LogP contribution in [0.4, 0.5) is 0 Å². The molecule has 3 aromatic rings. The minimum Gasteiger partial charge on any atom is -0.493 e. The molecule has 2 aromatic heterocycles. The molecular weight excluding hydrogens is 449 g/mol. The highest BCUT2D eigenvalue weighted by Gasteiger charge is 2.22. The topological polar surface area (TPSA) is 113 Å². The van der Waals surface area contributed by atoms with Crippen molar-refractivity contribution in [2.45, 2.75) is 26.6 Å². The predicted molar refractivity (Wildman–Crippen MR) is 113 cm³/mol. The van der Waals surface area contributed by atoms with Gasteiger partial charge in [-0.3, -0.25) is 9.36 Å². The van der Waals surface area contributed by atoms with E-state index in [2.05, 4.69) is 10.2 Å². The van der Waals surface area contributed by atoms with E-state index in [1.807, 2.05) is 0 Å². The van der Waals surface area contributed by atoms with Gasteiger partial charge in [-0.2, -0.15) is 10.2 Å². The van der Waals surface area contributed by atoms with Gasteiger partial charge in [-0.15, -0.1) is 0 Å². The summed E-state index contributed by atoms with van der Waals surface area (Å²) >= 11 is 12.6. The maximum Gasteiger partial charge on any atom is 0.345 e.